The van der Waals surface area contributed by atoms with E-state index in [0.717, 1.165) is 49.9 Å². The zero-order chi connectivity index (χ0) is 15.2. The van der Waals surface area contributed by atoms with Gasteiger partial charge < -0.3 is 15.1 Å². The summed E-state index contributed by atoms with van der Waals surface area (Å²) in [4.78, 5) is 14.1. The van der Waals surface area contributed by atoms with E-state index in [0.29, 0.717) is 6.04 Å². The fourth-order valence-electron chi connectivity index (χ4n) is 2.84. The van der Waals surface area contributed by atoms with Gasteiger partial charge in [0.25, 0.3) is 0 Å². The van der Waals surface area contributed by atoms with E-state index < -0.39 is 0 Å². The van der Waals surface area contributed by atoms with Gasteiger partial charge >= 0.3 is 0 Å². The summed E-state index contributed by atoms with van der Waals surface area (Å²) < 4.78 is 0. The monoisotopic (exact) mass is 291 g/mol. The second kappa shape index (κ2) is 7.59. The first-order valence-corrected chi connectivity index (χ1v) is 8.17. The number of aromatic nitrogens is 2. The van der Waals surface area contributed by atoms with Gasteiger partial charge in [0.1, 0.15) is 17.5 Å². The van der Waals surface area contributed by atoms with Gasteiger partial charge in [-0.1, -0.05) is 6.92 Å². The van der Waals surface area contributed by atoms with Crippen LogP contribution in [0.4, 0.5) is 11.6 Å². The van der Waals surface area contributed by atoms with Crippen molar-refractivity contribution in [1.29, 1.82) is 0 Å². The third-order valence-corrected chi connectivity index (χ3v) is 4.04. The highest BCUT2D eigenvalue weighted by Gasteiger charge is 2.23. The molecule has 1 unspecified atom stereocenters. The number of piperidine rings is 1. The lowest BCUT2D eigenvalue weighted by Crippen LogP contribution is -2.45. The summed E-state index contributed by atoms with van der Waals surface area (Å²) in [7, 11) is 4.33. The molecular formula is C16H29N5. The summed E-state index contributed by atoms with van der Waals surface area (Å²) in [6, 6.07) is 2.71. The number of aryl methyl sites for hydroxylation is 1. The molecule has 118 valence electrons. The molecule has 1 aliphatic rings. The zero-order valence-corrected chi connectivity index (χ0v) is 13.9. The maximum absolute atomic E-state index is 4.78. The van der Waals surface area contributed by atoms with Crippen molar-refractivity contribution in [1.82, 2.24) is 14.9 Å². The molecule has 21 heavy (non-hydrogen) atoms. The number of rotatable bonds is 6. The van der Waals surface area contributed by atoms with Crippen LogP contribution in [0.15, 0.2) is 6.07 Å². The Bertz CT molecular complexity index is 422. The summed E-state index contributed by atoms with van der Waals surface area (Å²) in [5.74, 6) is 2.99. The molecule has 1 aromatic heterocycles. The van der Waals surface area contributed by atoms with Crippen molar-refractivity contribution in [2.24, 2.45) is 0 Å². The molecule has 5 nitrogen and oxygen atoms in total. The third kappa shape index (κ3) is 4.30. The molecule has 2 rings (SSSR count). The molecule has 2 heterocycles. The predicted molar refractivity (Wildman–Crippen MR) is 89.1 cm³/mol. The molecule has 1 fully saturated rings. The molecule has 0 saturated carbocycles. The summed E-state index contributed by atoms with van der Waals surface area (Å²) in [6.07, 6.45) is 4.52. The molecule has 1 aromatic rings. The average Bonchev–Trinajstić information content (AvgIpc) is 2.48. The lowest BCUT2D eigenvalue weighted by atomic mass is 10.1. The van der Waals surface area contributed by atoms with Crippen LogP contribution in [0.1, 0.15) is 38.9 Å². The van der Waals surface area contributed by atoms with E-state index in [1.807, 2.05) is 0 Å². The molecule has 0 aliphatic carbocycles. The number of hydrogen-bond donors (Lipinski definition) is 1. The normalized spacial score (nSPS) is 19.1. The van der Waals surface area contributed by atoms with Gasteiger partial charge in [-0.25, -0.2) is 9.97 Å². The summed E-state index contributed by atoms with van der Waals surface area (Å²) >= 11 is 0. The maximum atomic E-state index is 4.78. The molecule has 0 bridgehead atoms. The van der Waals surface area contributed by atoms with Gasteiger partial charge in [-0.3, -0.25) is 0 Å². The lowest BCUT2D eigenvalue weighted by molar-refractivity contribution is 0.257. The summed E-state index contributed by atoms with van der Waals surface area (Å²) in [6.45, 7) is 7.32. The van der Waals surface area contributed by atoms with Crippen LogP contribution in [0.25, 0.3) is 0 Å². The first-order chi connectivity index (χ1) is 10.1. The predicted octanol–water partition coefficient (Wildman–Crippen LogP) is 2.39. The van der Waals surface area contributed by atoms with E-state index in [4.69, 9.17) is 4.98 Å². The van der Waals surface area contributed by atoms with Gasteiger partial charge in [0.2, 0.25) is 0 Å². The van der Waals surface area contributed by atoms with E-state index in [9.17, 15) is 0 Å². The Balaban J connectivity index is 2.20. The number of nitrogens with one attached hydrogen (secondary N) is 1. The Morgan fingerprint density at radius 2 is 2.14 bits per heavy atom. The Kier molecular flexibility index (Phi) is 5.79. The van der Waals surface area contributed by atoms with Crippen molar-refractivity contribution in [3.05, 3.63) is 11.9 Å². The molecule has 0 amide bonds. The maximum Gasteiger partial charge on any atom is 0.134 e. The summed E-state index contributed by atoms with van der Waals surface area (Å²) in [5.41, 5.74) is 0. The first-order valence-electron chi connectivity index (χ1n) is 8.17. The average molecular weight is 291 g/mol. The van der Waals surface area contributed by atoms with Crippen LogP contribution < -0.4 is 10.2 Å². The molecule has 0 spiro atoms. The van der Waals surface area contributed by atoms with Crippen molar-refractivity contribution in [3.8, 4) is 0 Å². The molecule has 1 N–H and O–H groups in total. The van der Waals surface area contributed by atoms with Crippen LogP contribution in [0, 0.1) is 0 Å². The topological polar surface area (TPSA) is 44.3 Å². The molecule has 1 saturated heterocycles. The summed E-state index contributed by atoms with van der Waals surface area (Å²) in [5, 5.41) is 3.33. The number of hydrogen-bond acceptors (Lipinski definition) is 5. The van der Waals surface area contributed by atoms with Crippen LogP contribution in [0.3, 0.4) is 0 Å². The lowest BCUT2D eigenvalue weighted by Gasteiger charge is -2.37. The minimum absolute atomic E-state index is 0.617. The van der Waals surface area contributed by atoms with Gasteiger partial charge in [-0.2, -0.15) is 0 Å². The molecule has 1 aliphatic heterocycles. The molecule has 5 heteroatoms. The van der Waals surface area contributed by atoms with E-state index in [2.05, 4.69) is 54.1 Å². The van der Waals surface area contributed by atoms with Crippen LogP contribution in [-0.4, -0.2) is 54.6 Å². The van der Waals surface area contributed by atoms with Gasteiger partial charge in [-0.15, -0.1) is 0 Å². The third-order valence-electron chi connectivity index (χ3n) is 4.04. The quantitative estimate of drug-likeness (QED) is 0.872. The van der Waals surface area contributed by atoms with Crippen molar-refractivity contribution < 1.29 is 0 Å². The molecule has 0 aromatic carbocycles. The van der Waals surface area contributed by atoms with E-state index in [1.54, 1.807) is 0 Å². The Morgan fingerprint density at radius 1 is 1.33 bits per heavy atom. The van der Waals surface area contributed by atoms with Crippen LogP contribution in [0.2, 0.25) is 0 Å². The first kappa shape index (κ1) is 16.0. The van der Waals surface area contributed by atoms with Gasteiger partial charge in [0.15, 0.2) is 0 Å². The van der Waals surface area contributed by atoms with E-state index in [-0.39, 0.29) is 0 Å². The molecule has 0 radical (unpaired) electrons. The van der Waals surface area contributed by atoms with E-state index in [1.165, 1.54) is 12.8 Å². The minimum atomic E-state index is 0.617. The van der Waals surface area contributed by atoms with Gasteiger partial charge in [-0.05, 0) is 40.3 Å². The highest BCUT2D eigenvalue weighted by atomic mass is 15.3. The van der Waals surface area contributed by atoms with Crippen LogP contribution >= 0.6 is 0 Å². The van der Waals surface area contributed by atoms with Crippen molar-refractivity contribution in [3.63, 3.8) is 0 Å². The zero-order valence-electron chi connectivity index (χ0n) is 13.9. The van der Waals surface area contributed by atoms with Crippen LogP contribution in [0.5, 0.6) is 0 Å². The number of nitrogens with zero attached hydrogens (tertiary/aromatic N) is 4. The van der Waals surface area contributed by atoms with E-state index >= 15 is 0 Å². The fraction of sp³-hybridized carbons (Fsp3) is 0.750. The minimum Gasteiger partial charge on any atom is -0.370 e. The second-order valence-corrected chi connectivity index (χ2v) is 6.01. The smallest absolute Gasteiger partial charge is 0.134 e. The van der Waals surface area contributed by atoms with Crippen LogP contribution in [-0.2, 0) is 6.42 Å². The van der Waals surface area contributed by atoms with Crippen molar-refractivity contribution in [2.45, 2.75) is 45.6 Å². The largest absolute Gasteiger partial charge is 0.370 e. The van der Waals surface area contributed by atoms with Gasteiger partial charge in [0.05, 0.1) is 0 Å². The highest BCUT2D eigenvalue weighted by Crippen LogP contribution is 2.22. The van der Waals surface area contributed by atoms with Crippen molar-refractivity contribution >= 4 is 11.6 Å². The highest BCUT2D eigenvalue weighted by molar-refractivity contribution is 5.50. The number of anilines is 2. The Labute approximate surface area is 128 Å². The van der Waals surface area contributed by atoms with Gasteiger partial charge in [0, 0.05) is 38.2 Å². The molecule has 1 atom stereocenters. The SMILES string of the molecule is CCCc1nc(NCC)cc(N2CCCC(N(C)C)C2)n1. The standard InChI is InChI=1S/C16H29N5/c1-5-8-14-18-15(17-6-2)11-16(19-14)21-10-7-9-13(12-21)20(3)4/h11,13H,5-10,12H2,1-4H3,(H,17,18,19). The second-order valence-electron chi connectivity index (χ2n) is 6.01. The fourth-order valence-corrected chi connectivity index (χ4v) is 2.84. The Morgan fingerprint density at radius 3 is 2.81 bits per heavy atom. The number of likely N-dealkylation sites (N-methyl/N-ethyl adjacent to an activating group) is 1. The molecular weight excluding hydrogens is 262 g/mol. The Hall–Kier alpha value is -1.36. The van der Waals surface area contributed by atoms with Crippen molar-refractivity contribution in [2.75, 3.05) is 43.9 Å².